The molecule has 2 fully saturated rings. The summed E-state index contributed by atoms with van der Waals surface area (Å²) in [7, 11) is 0. The van der Waals surface area contributed by atoms with Crippen LogP contribution in [0.2, 0.25) is 5.02 Å². The maximum absolute atomic E-state index is 13.7. The van der Waals surface area contributed by atoms with E-state index in [1.54, 1.807) is 12.1 Å². The number of likely N-dealkylation sites (tertiary alicyclic amines) is 1. The molecule has 6 nitrogen and oxygen atoms in total. The second kappa shape index (κ2) is 6.65. The number of hydrogen-bond acceptors (Lipinski definition) is 4. The molecule has 0 unspecified atom stereocenters. The smallest absolute Gasteiger partial charge is 0.250 e. The van der Waals surface area contributed by atoms with Gasteiger partial charge in [-0.2, -0.15) is 0 Å². The monoisotopic (exact) mass is 437 g/mol. The molecular weight excluding hydrogens is 414 g/mol. The van der Waals surface area contributed by atoms with Gasteiger partial charge in [0, 0.05) is 17.1 Å². The summed E-state index contributed by atoms with van der Waals surface area (Å²) in [5.41, 5.74) is 0.179. The summed E-state index contributed by atoms with van der Waals surface area (Å²) in [6, 6.07) is 14.7. The Bertz CT molecular complexity index is 1110. The maximum atomic E-state index is 13.7. The molecule has 4 atom stereocenters. The van der Waals surface area contributed by atoms with Gasteiger partial charge >= 0.3 is 0 Å². The number of benzene rings is 2. The molecule has 3 aliphatic rings. The van der Waals surface area contributed by atoms with Crippen molar-refractivity contribution in [3.63, 3.8) is 0 Å². The third-order valence-electron chi connectivity index (χ3n) is 6.67. The van der Waals surface area contributed by atoms with Gasteiger partial charge in [0.2, 0.25) is 17.7 Å². The van der Waals surface area contributed by atoms with Crippen LogP contribution in [0.3, 0.4) is 0 Å². The number of hydrogen-bond donors (Lipinski definition) is 2. The Morgan fingerprint density at radius 3 is 2.39 bits per heavy atom. The third-order valence-corrected chi connectivity index (χ3v) is 6.98. The Morgan fingerprint density at radius 2 is 1.71 bits per heavy atom. The molecule has 2 aromatic rings. The van der Waals surface area contributed by atoms with Gasteiger partial charge in [0.1, 0.15) is 5.54 Å². The van der Waals surface area contributed by atoms with Crippen molar-refractivity contribution in [3.8, 4) is 0 Å². The van der Waals surface area contributed by atoms with E-state index in [9.17, 15) is 14.4 Å². The zero-order valence-corrected chi connectivity index (χ0v) is 18.4. The van der Waals surface area contributed by atoms with Crippen LogP contribution in [0.5, 0.6) is 0 Å². The molecule has 3 heterocycles. The molecule has 2 aromatic carbocycles. The van der Waals surface area contributed by atoms with Crippen molar-refractivity contribution < 1.29 is 14.4 Å². The summed E-state index contributed by atoms with van der Waals surface area (Å²) in [6.45, 7) is 5.53. The van der Waals surface area contributed by atoms with Crippen LogP contribution in [0.1, 0.15) is 31.9 Å². The highest BCUT2D eigenvalue weighted by Crippen LogP contribution is 2.55. The summed E-state index contributed by atoms with van der Waals surface area (Å²) in [4.78, 5) is 42.1. The standard InChI is InChI=1S/C24H24ClN3O3/c1-23(2,3)28-20(29)17-16(12-13-8-5-4-6-9-13)27-24(18(17)21(28)30)14-10-7-11-15(25)19(14)26-22(24)31/h4-11,16-18,27H,12H2,1-3H3,(H,26,31)/t16-,17-,18+,24+/m1/s1. The molecule has 7 heteroatoms. The highest BCUT2D eigenvalue weighted by Gasteiger charge is 2.71. The van der Waals surface area contributed by atoms with E-state index in [-0.39, 0.29) is 23.8 Å². The van der Waals surface area contributed by atoms with Crippen molar-refractivity contribution in [1.29, 1.82) is 0 Å². The van der Waals surface area contributed by atoms with Crippen LogP contribution in [-0.2, 0) is 26.3 Å². The van der Waals surface area contributed by atoms with E-state index in [1.165, 1.54) is 4.90 Å². The van der Waals surface area contributed by atoms with Crippen LogP contribution >= 0.6 is 11.6 Å². The Balaban J connectivity index is 1.68. The van der Waals surface area contributed by atoms with Crippen LogP contribution in [0.4, 0.5) is 5.69 Å². The van der Waals surface area contributed by atoms with Gasteiger partial charge in [-0.1, -0.05) is 54.1 Å². The Labute approximate surface area is 185 Å². The average molecular weight is 438 g/mol. The number of para-hydroxylation sites is 1. The van der Waals surface area contributed by atoms with Crippen molar-refractivity contribution in [3.05, 3.63) is 64.7 Å². The number of rotatable bonds is 2. The molecule has 31 heavy (non-hydrogen) atoms. The molecule has 0 aliphatic carbocycles. The predicted molar refractivity (Wildman–Crippen MR) is 117 cm³/mol. The van der Waals surface area contributed by atoms with Crippen molar-refractivity contribution in [2.24, 2.45) is 11.8 Å². The minimum Gasteiger partial charge on any atom is -0.323 e. The molecular formula is C24H24ClN3O3. The topological polar surface area (TPSA) is 78.5 Å². The van der Waals surface area contributed by atoms with E-state index in [4.69, 9.17) is 11.6 Å². The van der Waals surface area contributed by atoms with Crippen molar-refractivity contribution >= 4 is 35.0 Å². The molecule has 0 radical (unpaired) electrons. The van der Waals surface area contributed by atoms with Gasteiger partial charge in [-0.15, -0.1) is 0 Å². The van der Waals surface area contributed by atoms with Crippen LogP contribution in [0.25, 0.3) is 0 Å². The summed E-state index contributed by atoms with van der Waals surface area (Å²) in [5.74, 6) is -2.34. The van der Waals surface area contributed by atoms with Gasteiger partial charge in [-0.3, -0.25) is 24.6 Å². The lowest BCUT2D eigenvalue weighted by atomic mass is 9.76. The van der Waals surface area contributed by atoms with Crippen LogP contribution < -0.4 is 10.6 Å². The average Bonchev–Trinajstić information content (AvgIpc) is 3.28. The number of nitrogens with zero attached hydrogens (tertiary/aromatic N) is 1. The largest absolute Gasteiger partial charge is 0.323 e. The van der Waals surface area contributed by atoms with Gasteiger partial charge < -0.3 is 5.32 Å². The van der Waals surface area contributed by atoms with E-state index < -0.39 is 22.9 Å². The zero-order chi connectivity index (χ0) is 22.1. The molecule has 5 rings (SSSR count). The van der Waals surface area contributed by atoms with Gasteiger partial charge in [0.05, 0.1) is 22.5 Å². The summed E-state index contributed by atoms with van der Waals surface area (Å²) < 4.78 is 0. The van der Waals surface area contributed by atoms with E-state index in [0.717, 1.165) is 5.56 Å². The minimum atomic E-state index is -1.32. The first-order valence-corrected chi connectivity index (χ1v) is 10.8. The number of carbonyl (C=O) groups is 3. The molecule has 1 spiro atoms. The lowest BCUT2D eigenvalue weighted by molar-refractivity contribution is -0.147. The summed E-state index contributed by atoms with van der Waals surface area (Å²) in [6.07, 6.45) is 0.532. The number of carbonyl (C=O) groups excluding carboxylic acids is 3. The van der Waals surface area contributed by atoms with Gasteiger partial charge in [-0.05, 0) is 38.8 Å². The molecule has 0 aromatic heterocycles. The SMILES string of the molecule is CC(C)(C)N1C(=O)[C@H]2[C@@H](C1=O)[C@]1(N[C@@H]2Cc2ccccc2)C(=O)Nc2c(Cl)cccc21. The molecule has 2 N–H and O–H groups in total. The fourth-order valence-corrected chi connectivity index (χ4v) is 5.72. The van der Waals surface area contributed by atoms with E-state index in [1.807, 2.05) is 57.2 Å². The predicted octanol–water partition coefficient (Wildman–Crippen LogP) is 3.10. The van der Waals surface area contributed by atoms with Crippen LogP contribution in [0.15, 0.2) is 48.5 Å². The van der Waals surface area contributed by atoms with E-state index in [0.29, 0.717) is 22.7 Å². The summed E-state index contributed by atoms with van der Waals surface area (Å²) in [5, 5.41) is 6.73. The van der Waals surface area contributed by atoms with Crippen LogP contribution in [0, 0.1) is 11.8 Å². The number of imide groups is 1. The molecule has 3 amide bonds. The number of anilines is 1. The van der Waals surface area contributed by atoms with Crippen molar-refractivity contribution in [1.82, 2.24) is 10.2 Å². The number of nitrogens with one attached hydrogen (secondary N) is 2. The summed E-state index contributed by atoms with van der Waals surface area (Å²) >= 11 is 6.37. The fraction of sp³-hybridized carbons (Fsp3) is 0.375. The molecule has 0 saturated carbocycles. The van der Waals surface area contributed by atoms with Gasteiger partial charge in [0.25, 0.3) is 0 Å². The normalized spacial score (nSPS) is 29.5. The third kappa shape index (κ3) is 2.71. The molecule has 3 aliphatic heterocycles. The Kier molecular flexibility index (Phi) is 4.33. The van der Waals surface area contributed by atoms with E-state index >= 15 is 0 Å². The highest BCUT2D eigenvalue weighted by atomic mass is 35.5. The maximum Gasteiger partial charge on any atom is 0.250 e. The van der Waals surface area contributed by atoms with E-state index in [2.05, 4.69) is 10.6 Å². The lowest BCUT2D eigenvalue weighted by Gasteiger charge is -2.34. The second-order valence-electron chi connectivity index (χ2n) is 9.55. The molecule has 160 valence electrons. The van der Waals surface area contributed by atoms with Crippen LogP contribution in [-0.4, -0.2) is 34.2 Å². The van der Waals surface area contributed by atoms with Gasteiger partial charge in [0.15, 0.2) is 0 Å². The number of fused-ring (bicyclic) bond motifs is 4. The highest BCUT2D eigenvalue weighted by molar-refractivity contribution is 6.35. The van der Waals surface area contributed by atoms with Crippen molar-refractivity contribution in [2.75, 3.05) is 5.32 Å². The Morgan fingerprint density at radius 1 is 1.00 bits per heavy atom. The fourth-order valence-electron chi connectivity index (χ4n) is 5.50. The minimum absolute atomic E-state index is 0.226. The molecule has 2 saturated heterocycles. The first kappa shape index (κ1) is 20.2. The van der Waals surface area contributed by atoms with Crippen molar-refractivity contribution in [2.45, 2.75) is 44.3 Å². The van der Waals surface area contributed by atoms with Gasteiger partial charge in [-0.25, -0.2) is 0 Å². The lowest BCUT2D eigenvalue weighted by Crippen LogP contribution is -2.56. The number of amides is 3. The second-order valence-corrected chi connectivity index (χ2v) is 9.96. The first-order chi connectivity index (χ1) is 14.7. The quantitative estimate of drug-likeness (QED) is 0.707. The molecule has 0 bridgehead atoms. The zero-order valence-electron chi connectivity index (χ0n) is 17.6. The first-order valence-electron chi connectivity index (χ1n) is 10.5. The Hall–Kier alpha value is -2.70. The number of halogens is 1.